The summed E-state index contributed by atoms with van der Waals surface area (Å²) in [5.41, 5.74) is 2.34. The molecule has 0 saturated heterocycles. The van der Waals surface area contributed by atoms with Crippen molar-refractivity contribution in [3.05, 3.63) is 77.4 Å². The van der Waals surface area contributed by atoms with E-state index in [2.05, 4.69) is 0 Å². The molecule has 0 unspecified atom stereocenters. The first-order chi connectivity index (χ1) is 20.4. The summed E-state index contributed by atoms with van der Waals surface area (Å²) in [6, 6.07) is 12.9. The fourth-order valence-corrected chi connectivity index (χ4v) is 5.29. The van der Waals surface area contributed by atoms with Gasteiger partial charge in [0.15, 0.2) is 9.84 Å². The second-order valence-electron chi connectivity index (χ2n) is 10.3. The summed E-state index contributed by atoms with van der Waals surface area (Å²) in [5.74, 6) is -2.50. The Bertz CT molecular complexity index is 1500. The van der Waals surface area contributed by atoms with Gasteiger partial charge in [-0.05, 0) is 90.8 Å². The fraction of sp³-hybridized carbons (Fsp3) is 0.375. The Hall–Kier alpha value is -3.99. The maximum Gasteiger partial charge on any atom is 0.303 e. The minimum Gasteiger partial charge on any atom is -0.494 e. The monoisotopic (exact) mass is 618 g/mol. The van der Waals surface area contributed by atoms with E-state index >= 15 is 0 Å². The van der Waals surface area contributed by atoms with E-state index < -0.39 is 33.4 Å². The van der Waals surface area contributed by atoms with E-state index in [-0.39, 0.29) is 35.7 Å². The molecule has 0 aromatic heterocycles. The van der Waals surface area contributed by atoms with Crippen molar-refractivity contribution in [3.63, 3.8) is 0 Å². The van der Waals surface area contributed by atoms with E-state index in [1.165, 1.54) is 12.1 Å². The highest BCUT2D eigenvalue weighted by Crippen LogP contribution is 2.30. The highest BCUT2D eigenvalue weighted by Gasteiger charge is 2.14. The molecule has 3 rings (SSSR count). The number of carboxylic acid groups (broad SMARTS) is 2. The minimum absolute atomic E-state index is 0.00877. The molecule has 0 bridgehead atoms. The number of hydrogen-bond acceptors (Lipinski definition) is 6. The number of carbonyl (C=O) groups is 2. The topological polar surface area (TPSA) is 127 Å². The zero-order valence-corrected chi connectivity index (χ0v) is 24.8. The molecule has 8 nitrogen and oxygen atoms in total. The van der Waals surface area contributed by atoms with Crippen molar-refractivity contribution in [1.82, 2.24) is 0 Å². The van der Waals surface area contributed by atoms with Crippen LogP contribution in [0.5, 0.6) is 11.5 Å². The van der Waals surface area contributed by atoms with Crippen LogP contribution in [0.25, 0.3) is 11.1 Å². The van der Waals surface area contributed by atoms with E-state index in [9.17, 15) is 31.9 Å². The van der Waals surface area contributed by atoms with Crippen LogP contribution in [0.15, 0.2) is 59.5 Å². The maximum absolute atomic E-state index is 13.8. The summed E-state index contributed by atoms with van der Waals surface area (Å²) in [6.45, 7) is 0.539. The quantitative estimate of drug-likeness (QED) is 0.155. The Morgan fingerprint density at radius 3 is 2.07 bits per heavy atom. The number of ether oxygens (including phenoxy) is 2. The summed E-state index contributed by atoms with van der Waals surface area (Å²) in [6.07, 6.45) is 5.58. The number of rotatable bonds is 18. The lowest BCUT2D eigenvalue weighted by molar-refractivity contribution is -0.138. The van der Waals surface area contributed by atoms with E-state index in [0.29, 0.717) is 43.6 Å². The molecule has 0 atom stereocenters. The Labute approximate surface area is 250 Å². The van der Waals surface area contributed by atoms with E-state index in [4.69, 9.17) is 14.6 Å². The van der Waals surface area contributed by atoms with Gasteiger partial charge in [-0.2, -0.15) is 0 Å². The smallest absolute Gasteiger partial charge is 0.303 e. The summed E-state index contributed by atoms with van der Waals surface area (Å²) < 4.78 is 63.6. The van der Waals surface area contributed by atoms with Crippen LogP contribution in [0.1, 0.15) is 56.1 Å². The maximum atomic E-state index is 13.8. The van der Waals surface area contributed by atoms with Crippen LogP contribution in [0.3, 0.4) is 0 Å². The summed E-state index contributed by atoms with van der Waals surface area (Å²) in [5, 5.41) is 18.0. The second-order valence-corrected chi connectivity index (χ2v) is 12.3. The molecule has 0 amide bonds. The van der Waals surface area contributed by atoms with Crippen molar-refractivity contribution in [3.8, 4) is 22.6 Å². The predicted octanol–water partition coefficient (Wildman–Crippen LogP) is 6.48. The van der Waals surface area contributed by atoms with Crippen LogP contribution in [0, 0.1) is 11.6 Å². The molecule has 232 valence electrons. The molecule has 3 aromatic carbocycles. The minimum atomic E-state index is -3.60. The molecule has 43 heavy (non-hydrogen) atoms. The van der Waals surface area contributed by atoms with Crippen LogP contribution in [0.2, 0.25) is 0 Å². The van der Waals surface area contributed by atoms with Gasteiger partial charge in [0.05, 0.1) is 18.1 Å². The summed E-state index contributed by atoms with van der Waals surface area (Å²) in [4.78, 5) is 21.9. The van der Waals surface area contributed by atoms with E-state index in [1.807, 2.05) is 12.1 Å². The van der Waals surface area contributed by atoms with Crippen molar-refractivity contribution in [2.24, 2.45) is 0 Å². The molecule has 0 aliphatic heterocycles. The first kappa shape index (κ1) is 33.5. The van der Waals surface area contributed by atoms with Gasteiger partial charge in [0, 0.05) is 25.2 Å². The molecule has 0 saturated carbocycles. The molecule has 0 spiro atoms. The average molecular weight is 619 g/mol. The number of aryl methyl sites for hydroxylation is 1. The molecule has 0 heterocycles. The number of aliphatic carboxylic acids is 2. The van der Waals surface area contributed by atoms with Gasteiger partial charge in [-0.25, -0.2) is 17.2 Å². The first-order valence-electron chi connectivity index (χ1n) is 14.0. The Balaban J connectivity index is 1.55. The molecule has 2 N–H and O–H groups in total. The molecule has 0 aliphatic rings. The molecular formula is C32H36F2O8S. The molecule has 11 heteroatoms. The molecule has 0 aliphatic carbocycles. The SMILES string of the molecule is CS(=O)(=O)c1cc(OCCCCCCc2cccc(OCCCC(=O)O)c2CCC(=O)O)cc(-c2cc(F)cc(F)c2)c1. The number of sulfone groups is 1. The van der Waals surface area contributed by atoms with Crippen LogP contribution in [-0.2, 0) is 32.3 Å². The van der Waals surface area contributed by atoms with Gasteiger partial charge < -0.3 is 19.7 Å². The average Bonchev–Trinajstić information content (AvgIpc) is 2.93. The summed E-state index contributed by atoms with van der Waals surface area (Å²) >= 11 is 0. The van der Waals surface area contributed by atoms with Crippen molar-refractivity contribution < 1.29 is 46.5 Å². The van der Waals surface area contributed by atoms with Gasteiger partial charge in [0.2, 0.25) is 0 Å². The van der Waals surface area contributed by atoms with Crippen molar-refractivity contribution in [1.29, 1.82) is 0 Å². The van der Waals surface area contributed by atoms with Gasteiger partial charge in [0.25, 0.3) is 0 Å². The predicted molar refractivity (Wildman–Crippen MR) is 157 cm³/mol. The number of halogens is 2. The third-order valence-corrected chi connectivity index (χ3v) is 7.82. The number of unbranched alkanes of at least 4 members (excludes halogenated alkanes) is 3. The largest absolute Gasteiger partial charge is 0.494 e. The van der Waals surface area contributed by atoms with Crippen LogP contribution in [-0.4, -0.2) is 50.0 Å². The molecule has 3 aromatic rings. The van der Waals surface area contributed by atoms with Gasteiger partial charge in [-0.3, -0.25) is 9.59 Å². The van der Waals surface area contributed by atoms with Crippen molar-refractivity contribution in [2.45, 2.75) is 62.7 Å². The van der Waals surface area contributed by atoms with E-state index in [1.54, 1.807) is 12.1 Å². The normalized spacial score (nSPS) is 11.3. The second kappa shape index (κ2) is 16.0. The third kappa shape index (κ3) is 11.3. The standard InChI is InChI=1S/C32H36F2O8S/c1-43(39,40)28-19-24(23-16-25(33)20-26(34)17-23)18-27(21-28)41-14-5-3-2-4-8-22-9-6-10-30(29(22)12-13-32(37)38)42-15-7-11-31(35)36/h6,9-10,16-21H,2-5,7-8,11-15H2,1H3,(H,35,36)(H,37,38). The number of carboxylic acids is 2. The highest BCUT2D eigenvalue weighted by atomic mass is 32.2. The van der Waals surface area contributed by atoms with Crippen LogP contribution < -0.4 is 9.47 Å². The highest BCUT2D eigenvalue weighted by molar-refractivity contribution is 7.90. The lowest BCUT2D eigenvalue weighted by Crippen LogP contribution is -2.07. The summed E-state index contributed by atoms with van der Waals surface area (Å²) in [7, 11) is -3.60. The molecule has 0 radical (unpaired) electrons. The van der Waals surface area contributed by atoms with Gasteiger partial charge in [-0.1, -0.05) is 25.0 Å². The zero-order chi connectivity index (χ0) is 31.4. The number of hydrogen-bond donors (Lipinski definition) is 2. The van der Waals surface area contributed by atoms with Crippen LogP contribution >= 0.6 is 0 Å². The third-order valence-electron chi connectivity index (χ3n) is 6.72. The number of benzene rings is 3. The lowest BCUT2D eigenvalue weighted by atomic mass is 9.97. The molecular weight excluding hydrogens is 582 g/mol. The zero-order valence-electron chi connectivity index (χ0n) is 24.0. The Morgan fingerprint density at radius 2 is 1.40 bits per heavy atom. The van der Waals surface area contributed by atoms with Crippen molar-refractivity contribution >= 4 is 21.8 Å². The lowest BCUT2D eigenvalue weighted by Gasteiger charge is -2.15. The Morgan fingerprint density at radius 1 is 0.744 bits per heavy atom. The van der Waals surface area contributed by atoms with E-state index in [0.717, 1.165) is 54.8 Å². The van der Waals surface area contributed by atoms with Gasteiger partial charge in [-0.15, -0.1) is 0 Å². The fourth-order valence-electron chi connectivity index (χ4n) is 4.62. The van der Waals surface area contributed by atoms with Crippen LogP contribution in [0.4, 0.5) is 8.78 Å². The molecule has 0 fully saturated rings. The first-order valence-corrected chi connectivity index (χ1v) is 15.9. The van der Waals surface area contributed by atoms with Gasteiger partial charge >= 0.3 is 11.9 Å². The Kier molecular flexibility index (Phi) is 12.5. The van der Waals surface area contributed by atoms with Crippen molar-refractivity contribution in [2.75, 3.05) is 19.5 Å². The van der Waals surface area contributed by atoms with Gasteiger partial charge in [0.1, 0.15) is 23.1 Å².